The molecule has 0 bridgehead atoms. The number of nitrogens with zero attached hydrogens (tertiary/aromatic N) is 2. The number of nitrogens with one attached hydrogen (secondary N) is 1. The lowest BCUT2D eigenvalue weighted by molar-refractivity contribution is -0.123. The molecule has 0 radical (unpaired) electrons. The topological polar surface area (TPSA) is 65.4 Å². The summed E-state index contributed by atoms with van der Waals surface area (Å²) in [4.78, 5) is 12.1. The Morgan fingerprint density at radius 2 is 1.79 bits per heavy atom. The van der Waals surface area contributed by atoms with Crippen LogP contribution in [-0.2, 0) is 17.9 Å². The van der Waals surface area contributed by atoms with Crippen molar-refractivity contribution in [1.82, 2.24) is 15.1 Å². The molecule has 146 valence electrons. The van der Waals surface area contributed by atoms with Crippen molar-refractivity contribution in [2.45, 2.75) is 26.4 Å². The zero-order chi connectivity index (χ0) is 19.6. The normalized spacial score (nSPS) is 10.5. The molecule has 0 fully saturated rings. The maximum Gasteiger partial charge on any atom is 0.258 e. The van der Waals surface area contributed by atoms with Crippen LogP contribution in [0.5, 0.6) is 11.5 Å². The first kappa shape index (κ1) is 19.5. The standard InChI is InChI=1S/C22H25N3O3/c1-2-13-27-20-7-9-21(10-8-20)28-17-22(26)23-15-18-5-3-6-19(14-18)16-25-12-4-11-24-25/h3-12,14H,2,13,15-17H2,1H3,(H,23,26). The fourth-order valence-corrected chi connectivity index (χ4v) is 2.67. The molecule has 1 amide bonds. The number of hydrogen-bond acceptors (Lipinski definition) is 4. The molecule has 0 aliphatic rings. The van der Waals surface area contributed by atoms with Gasteiger partial charge in [-0.3, -0.25) is 9.48 Å². The smallest absolute Gasteiger partial charge is 0.258 e. The number of hydrogen-bond donors (Lipinski definition) is 1. The van der Waals surface area contributed by atoms with Gasteiger partial charge in [0.15, 0.2) is 6.61 Å². The molecular weight excluding hydrogens is 354 g/mol. The Morgan fingerprint density at radius 3 is 2.50 bits per heavy atom. The molecule has 0 saturated carbocycles. The van der Waals surface area contributed by atoms with Crippen LogP contribution in [0.1, 0.15) is 24.5 Å². The molecule has 28 heavy (non-hydrogen) atoms. The first-order valence-electron chi connectivity index (χ1n) is 9.40. The average molecular weight is 379 g/mol. The maximum absolute atomic E-state index is 12.1. The van der Waals surface area contributed by atoms with Crippen LogP contribution in [0.3, 0.4) is 0 Å². The fraction of sp³-hybridized carbons (Fsp3) is 0.273. The van der Waals surface area contributed by atoms with Crippen molar-refractivity contribution in [3.05, 3.63) is 78.1 Å². The van der Waals surface area contributed by atoms with Crippen molar-refractivity contribution >= 4 is 5.91 Å². The quantitative estimate of drug-likeness (QED) is 0.586. The van der Waals surface area contributed by atoms with E-state index in [0.29, 0.717) is 25.4 Å². The third-order valence-electron chi connectivity index (χ3n) is 4.05. The van der Waals surface area contributed by atoms with E-state index >= 15 is 0 Å². The largest absolute Gasteiger partial charge is 0.494 e. The highest BCUT2D eigenvalue weighted by atomic mass is 16.5. The van der Waals surface area contributed by atoms with E-state index in [1.165, 1.54) is 0 Å². The van der Waals surface area contributed by atoms with E-state index in [4.69, 9.17) is 9.47 Å². The van der Waals surface area contributed by atoms with E-state index in [0.717, 1.165) is 23.3 Å². The zero-order valence-electron chi connectivity index (χ0n) is 16.0. The van der Waals surface area contributed by atoms with Crippen molar-refractivity contribution < 1.29 is 14.3 Å². The number of amides is 1. The van der Waals surface area contributed by atoms with Crippen molar-refractivity contribution in [2.24, 2.45) is 0 Å². The third-order valence-corrected chi connectivity index (χ3v) is 4.05. The minimum Gasteiger partial charge on any atom is -0.494 e. The summed E-state index contributed by atoms with van der Waals surface area (Å²) in [6.07, 6.45) is 4.65. The minimum absolute atomic E-state index is 0.0257. The number of ether oxygens (including phenoxy) is 2. The van der Waals surface area contributed by atoms with E-state index in [2.05, 4.69) is 23.4 Å². The third kappa shape index (κ3) is 6.16. The Balaban J connectivity index is 1.43. The van der Waals surface area contributed by atoms with E-state index in [9.17, 15) is 4.79 Å². The van der Waals surface area contributed by atoms with Crippen LogP contribution in [0.2, 0.25) is 0 Å². The van der Waals surface area contributed by atoms with Gasteiger partial charge in [-0.2, -0.15) is 5.10 Å². The molecule has 0 aliphatic carbocycles. The Bertz CT molecular complexity index is 861. The summed E-state index contributed by atoms with van der Waals surface area (Å²) in [6, 6.07) is 17.3. The molecule has 1 N–H and O–H groups in total. The Kier molecular flexibility index (Phi) is 7.07. The van der Waals surface area contributed by atoms with Gasteiger partial charge >= 0.3 is 0 Å². The van der Waals surface area contributed by atoms with E-state index in [1.807, 2.05) is 47.3 Å². The summed E-state index contributed by atoms with van der Waals surface area (Å²) < 4.78 is 12.9. The number of carbonyl (C=O) groups is 1. The highest BCUT2D eigenvalue weighted by molar-refractivity contribution is 5.77. The Hall–Kier alpha value is -3.28. The molecule has 6 nitrogen and oxygen atoms in total. The van der Waals surface area contributed by atoms with Crippen LogP contribution in [0.4, 0.5) is 0 Å². The van der Waals surface area contributed by atoms with Gasteiger partial charge in [-0.15, -0.1) is 0 Å². The van der Waals surface area contributed by atoms with Gasteiger partial charge < -0.3 is 14.8 Å². The summed E-state index contributed by atoms with van der Waals surface area (Å²) in [5.74, 6) is 1.28. The molecule has 6 heteroatoms. The monoisotopic (exact) mass is 379 g/mol. The van der Waals surface area contributed by atoms with Gasteiger partial charge in [0.2, 0.25) is 0 Å². The van der Waals surface area contributed by atoms with Gasteiger partial charge in [-0.05, 0) is 47.9 Å². The minimum atomic E-state index is -0.163. The molecular formula is C22H25N3O3. The second-order valence-corrected chi connectivity index (χ2v) is 6.41. The summed E-state index contributed by atoms with van der Waals surface area (Å²) >= 11 is 0. The van der Waals surface area contributed by atoms with E-state index in [1.54, 1.807) is 18.3 Å². The molecule has 2 aromatic carbocycles. The molecule has 0 atom stereocenters. The van der Waals surface area contributed by atoms with Gasteiger partial charge in [0.1, 0.15) is 11.5 Å². The first-order valence-corrected chi connectivity index (χ1v) is 9.40. The summed E-state index contributed by atoms with van der Waals surface area (Å²) in [5, 5.41) is 7.09. The Morgan fingerprint density at radius 1 is 1.04 bits per heavy atom. The van der Waals surface area contributed by atoms with Crippen molar-refractivity contribution in [3.8, 4) is 11.5 Å². The van der Waals surface area contributed by atoms with Crippen LogP contribution in [0.25, 0.3) is 0 Å². The van der Waals surface area contributed by atoms with Gasteiger partial charge in [0, 0.05) is 18.9 Å². The van der Waals surface area contributed by atoms with Crippen LogP contribution < -0.4 is 14.8 Å². The molecule has 1 heterocycles. The van der Waals surface area contributed by atoms with Crippen LogP contribution in [0, 0.1) is 0 Å². The molecule has 0 unspecified atom stereocenters. The van der Waals surface area contributed by atoms with E-state index in [-0.39, 0.29) is 12.5 Å². The van der Waals surface area contributed by atoms with Crippen molar-refractivity contribution in [2.75, 3.05) is 13.2 Å². The SMILES string of the molecule is CCCOc1ccc(OCC(=O)NCc2cccc(Cn3cccn3)c2)cc1. The summed E-state index contributed by atoms with van der Waals surface area (Å²) in [5.41, 5.74) is 2.17. The van der Waals surface area contributed by atoms with Gasteiger partial charge in [0.25, 0.3) is 5.91 Å². The first-order chi connectivity index (χ1) is 13.7. The number of rotatable bonds is 10. The number of benzene rings is 2. The van der Waals surface area contributed by atoms with Gasteiger partial charge in [0.05, 0.1) is 13.2 Å². The number of aromatic nitrogens is 2. The van der Waals surface area contributed by atoms with Crippen LogP contribution in [0.15, 0.2) is 67.0 Å². The maximum atomic E-state index is 12.1. The number of carbonyl (C=O) groups excluding carboxylic acids is 1. The van der Waals surface area contributed by atoms with Gasteiger partial charge in [-0.25, -0.2) is 0 Å². The summed E-state index contributed by atoms with van der Waals surface area (Å²) in [7, 11) is 0. The second-order valence-electron chi connectivity index (χ2n) is 6.41. The highest BCUT2D eigenvalue weighted by Crippen LogP contribution is 2.17. The molecule has 0 aliphatic heterocycles. The van der Waals surface area contributed by atoms with Crippen LogP contribution >= 0.6 is 0 Å². The van der Waals surface area contributed by atoms with E-state index < -0.39 is 0 Å². The lowest BCUT2D eigenvalue weighted by Gasteiger charge is -2.10. The molecule has 0 spiro atoms. The lowest BCUT2D eigenvalue weighted by atomic mass is 10.1. The zero-order valence-corrected chi connectivity index (χ0v) is 16.0. The Labute approximate surface area is 165 Å². The molecule has 0 saturated heterocycles. The average Bonchev–Trinajstić information content (AvgIpc) is 3.23. The molecule has 3 rings (SSSR count). The van der Waals surface area contributed by atoms with Gasteiger partial charge in [-0.1, -0.05) is 31.2 Å². The van der Waals surface area contributed by atoms with Crippen molar-refractivity contribution in [1.29, 1.82) is 0 Å². The second kappa shape index (κ2) is 10.2. The highest BCUT2D eigenvalue weighted by Gasteiger charge is 2.04. The predicted octanol–water partition coefficient (Wildman–Crippen LogP) is 3.42. The van der Waals surface area contributed by atoms with Crippen LogP contribution in [-0.4, -0.2) is 28.9 Å². The predicted molar refractivity (Wildman–Crippen MR) is 107 cm³/mol. The lowest BCUT2D eigenvalue weighted by Crippen LogP contribution is -2.28. The molecule has 1 aromatic heterocycles. The fourth-order valence-electron chi connectivity index (χ4n) is 2.67. The van der Waals surface area contributed by atoms with Crippen molar-refractivity contribution in [3.63, 3.8) is 0 Å². The molecule has 3 aromatic rings. The summed E-state index contributed by atoms with van der Waals surface area (Å²) in [6.45, 7) is 3.88.